The molecule has 0 aliphatic carbocycles. The van der Waals surface area contributed by atoms with Crippen LogP contribution in [0.1, 0.15) is 19.0 Å². The van der Waals surface area contributed by atoms with Crippen molar-refractivity contribution >= 4 is 28.1 Å². The molecule has 0 spiro atoms. The first-order chi connectivity index (χ1) is 10.2. The molecule has 0 saturated heterocycles. The fraction of sp³-hybridized carbons (Fsp3) is 0.250. The van der Waals surface area contributed by atoms with E-state index in [0.717, 1.165) is 41.1 Å². The predicted octanol–water partition coefficient (Wildman–Crippen LogP) is 3.48. The molecule has 0 saturated carbocycles. The van der Waals surface area contributed by atoms with Crippen LogP contribution in [-0.2, 0) is 6.54 Å². The zero-order valence-electron chi connectivity index (χ0n) is 12.3. The zero-order chi connectivity index (χ0) is 14.8. The maximum absolute atomic E-state index is 6.14. The van der Waals surface area contributed by atoms with Crippen LogP contribution in [0.15, 0.2) is 36.5 Å². The van der Waals surface area contributed by atoms with Gasteiger partial charge in [0.25, 0.3) is 0 Å². The summed E-state index contributed by atoms with van der Waals surface area (Å²) >= 11 is 0. The molecular formula is C16H19N5. The molecular weight excluding hydrogens is 262 g/mol. The predicted molar refractivity (Wildman–Crippen MR) is 86.7 cm³/mol. The summed E-state index contributed by atoms with van der Waals surface area (Å²) in [5, 5.41) is 8.96. The number of nitrogens with zero attached hydrogens (tertiary/aromatic N) is 3. The second-order valence-electron chi connectivity index (χ2n) is 5.11. The average Bonchev–Trinajstić information content (AvgIpc) is 2.75. The summed E-state index contributed by atoms with van der Waals surface area (Å²) in [6.45, 7) is 4.89. The summed E-state index contributed by atoms with van der Waals surface area (Å²) in [5.41, 5.74) is 9.66. The molecule has 5 heteroatoms. The summed E-state index contributed by atoms with van der Waals surface area (Å²) < 4.78 is 1.93. The van der Waals surface area contributed by atoms with Gasteiger partial charge in [0.2, 0.25) is 0 Å². The highest BCUT2D eigenvalue weighted by molar-refractivity contribution is 5.84. The van der Waals surface area contributed by atoms with Crippen LogP contribution in [0.4, 0.5) is 17.2 Å². The molecule has 3 rings (SSSR count). The van der Waals surface area contributed by atoms with Crippen LogP contribution in [0.2, 0.25) is 0 Å². The van der Waals surface area contributed by atoms with Crippen LogP contribution in [0.3, 0.4) is 0 Å². The fourth-order valence-corrected chi connectivity index (χ4v) is 2.39. The minimum Gasteiger partial charge on any atom is -0.394 e. The van der Waals surface area contributed by atoms with Crippen molar-refractivity contribution in [3.05, 3.63) is 42.2 Å². The Morgan fingerprint density at radius 3 is 2.95 bits per heavy atom. The zero-order valence-corrected chi connectivity index (χ0v) is 12.3. The first-order valence-electron chi connectivity index (χ1n) is 7.13. The van der Waals surface area contributed by atoms with E-state index in [2.05, 4.69) is 28.4 Å². The number of hydrogen-bond acceptors (Lipinski definition) is 4. The number of benzene rings is 1. The molecule has 0 unspecified atom stereocenters. The molecule has 2 heterocycles. The lowest BCUT2D eigenvalue weighted by Gasteiger charge is -2.10. The molecule has 0 atom stereocenters. The SMILES string of the molecule is CCCn1nc(C)c(N)c1Nc1ccc2ncccc2c1. The molecule has 3 N–H and O–H groups in total. The minimum atomic E-state index is 0.703. The van der Waals surface area contributed by atoms with Crippen LogP contribution >= 0.6 is 0 Å². The molecule has 0 fully saturated rings. The maximum atomic E-state index is 6.14. The van der Waals surface area contributed by atoms with Crippen molar-refractivity contribution in [3.63, 3.8) is 0 Å². The van der Waals surface area contributed by atoms with Crippen molar-refractivity contribution in [3.8, 4) is 0 Å². The Labute approximate surface area is 123 Å². The number of rotatable bonds is 4. The summed E-state index contributed by atoms with van der Waals surface area (Å²) in [6.07, 6.45) is 2.81. The second-order valence-corrected chi connectivity index (χ2v) is 5.11. The molecule has 0 radical (unpaired) electrons. The van der Waals surface area contributed by atoms with E-state index >= 15 is 0 Å². The minimum absolute atomic E-state index is 0.703. The first kappa shape index (κ1) is 13.4. The standard InChI is InChI=1S/C16H19N5/c1-3-9-21-16(15(17)11(2)20-21)19-13-6-7-14-12(10-13)5-4-8-18-14/h4-8,10,19H,3,9,17H2,1-2H3. The van der Waals surface area contributed by atoms with E-state index in [1.54, 1.807) is 6.20 Å². The molecule has 5 nitrogen and oxygen atoms in total. The number of aryl methyl sites for hydroxylation is 2. The smallest absolute Gasteiger partial charge is 0.152 e. The number of nitrogens with one attached hydrogen (secondary N) is 1. The van der Waals surface area contributed by atoms with Gasteiger partial charge in [-0.05, 0) is 37.6 Å². The van der Waals surface area contributed by atoms with Gasteiger partial charge < -0.3 is 11.1 Å². The summed E-state index contributed by atoms with van der Waals surface area (Å²) in [5.74, 6) is 0.859. The summed E-state index contributed by atoms with van der Waals surface area (Å²) in [6, 6.07) is 10.1. The third-order valence-electron chi connectivity index (χ3n) is 3.47. The Hall–Kier alpha value is -2.56. The van der Waals surface area contributed by atoms with Gasteiger partial charge in [0.15, 0.2) is 5.82 Å². The highest BCUT2D eigenvalue weighted by Crippen LogP contribution is 2.27. The Morgan fingerprint density at radius 1 is 1.29 bits per heavy atom. The summed E-state index contributed by atoms with van der Waals surface area (Å²) in [7, 11) is 0. The number of aromatic nitrogens is 3. The van der Waals surface area contributed by atoms with Crippen molar-refractivity contribution in [2.75, 3.05) is 11.1 Å². The monoisotopic (exact) mass is 281 g/mol. The Bertz CT molecular complexity index is 775. The van der Waals surface area contributed by atoms with Crippen LogP contribution in [0.25, 0.3) is 10.9 Å². The number of hydrogen-bond donors (Lipinski definition) is 2. The molecule has 108 valence electrons. The molecule has 0 amide bonds. The molecule has 3 aromatic rings. The van der Waals surface area contributed by atoms with Crippen molar-refractivity contribution < 1.29 is 0 Å². The second kappa shape index (κ2) is 5.44. The van der Waals surface area contributed by atoms with Gasteiger partial charge >= 0.3 is 0 Å². The number of nitrogens with two attached hydrogens (primary N) is 1. The molecule has 21 heavy (non-hydrogen) atoms. The Morgan fingerprint density at radius 2 is 2.14 bits per heavy atom. The van der Waals surface area contributed by atoms with Crippen molar-refractivity contribution in [1.82, 2.24) is 14.8 Å². The van der Waals surface area contributed by atoms with Gasteiger partial charge in [-0.3, -0.25) is 4.98 Å². The van der Waals surface area contributed by atoms with E-state index in [1.807, 2.05) is 35.9 Å². The van der Waals surface area contributed by atoms with E-state index in [4.69, 9.17) is 5.73 Å². The highest BCUT2D eigenvalue weighted by atomic mass is 15.3. The van der Waals surface area contributed by atoms with Crippen LogP contribution in [0.5, 0.6) is 0 Å². The number of pyridine rings is 1. The van der Waals surface area contributed by atoms with Gasteiger partial charge in [0, 0.05) is 23.8 Å². The van der Waals surface area contributed by atoms with Crippen LogP contribution < -0.4 is 11.1 Å². The lowest BCUT2D eigenvalue weighted by Crippen LogP contribution is -2.05. The van der Waals surface area contributed by atoms with E-state index < -0.39 is 0 Å². The van der Waals surface area contributed by atoms with Crippen LogP contribution in [-0.4, -0.2) is 14.8 Å². The molecule has 1 aromatic carbocycles. The number of fused-ring (bicyclic) bond motifs is 1. The quantitative estimate of drug-likeness (QED) is 0.768. The third-order valence-corrected chi connectivity index (χ3v) is 3.47. The van der Waals surface area contributed by atoms with E-state index in [-0.39, 0.29) is 0 Å². The molecule has 2 aromatic heterocycles. The van der Waals surface area contributed by atoms with Gasteiger partial charge in [-0.25, -0.2) is 4.68 Å². The largest absolute Gasteiger partial charge is 0.394 e. The van der Waals surface area contributed by atoms with Crippen molar-refractivity contribution in [2.24, 2.45) is 0 Å². The molecule has 0 bridgehead atoms. The molecule has 0 aliphatic heterocycles. The van der Waals surface area contributed by atoms with Crippen LogP contribution in [0, 0.1) is 6.92 Å². The first-order valence-corrected chi connectivity index (χ1v) is 7.13. The number of nitrogen functional groups attached to an aromatic ring is 1. The topological polar surface area (TPSA) is 68.8 Å². The lowest BCUT2D eigenvalue weighted by atomic mass is 10.2. The Kier molecular flexibility index (Phi) is 3.48. The lowest BCUT2D eigenvalue weighted by molar-refractivity contribution is 0.605. The molecule has 0 aliphatic rings. The van der Waals surface area contributed by atoms with E-state index in [9.17, 15) is 0 Å². The maximum Gasteiger partial charge on any atom is 0.152 e. The van der Waals surface area contributed by atoms with E-state index in [0.29, 0.717) is 5.69 Å². The normalized spacial score (nSPS) is 11.0. The van der Waals surface area contributed by atoms with Crippen molar-refractivity contribution in [2.45, 2.75) is 26.8 Å². The summed E-state index contributed by atoms with van der Waals surface area (Å²) in [4.78, 5) is 4.33. The van der Waals surface area contributed by atoms with Gasteiger partial charge in [0.1, 0.15) is 0 Å². The van der Waals surface area contributed by atoms with Gasteiger partial charge in [-0.2, -0.15) is 5.10 Å². The Balaban J connectivity index is 1.98. The van der Waals surface area contributed by atoms with Gasteiger partial charge in [0.05, 0.1) is 16.9 Å². The fourth-order valence-electron chi connectivity index (χ4n) is 2.39. The van der Waals surface area contributed by atoms with Crippen molar-refractivity contribution in [1.29, 1.82) is 0 Å². The third kappa shape index (κ3) is 2.54. The highest BCUT2D eigenvalue weighted by Gasteiger charge is 2.12. The number of anilines is 3. The van der Waals surface area contributed by atoms with E-state index in [1.165, 1.54) is 0 Å². The van der Waals surface area contributed by atoms with Gasteiger partial charge in [-0.15, -0.1) is 0 Å². The average molecular weight is 281 g/mol. The van der Waals surface area contributed by atoms with Gasteiger partial charge in [-0.1, -0.05) is 13.0 Å².